The quantitative estimate of drug-likeness (QED) is 0.726. The van der Waals surface area contributed by atoms with Crippen molar-refractivity contribution < 1.29 is 9.47 Å². The third-order valence-corrected chi connectivity index (χ3v) is 8.50. The Morgan fingerprint density at radius 1 is 0.800 bits per heavy atom. The lowest BCUT2D eigenvalue weighted by atomic mass is 9.70. The average Bonchev–Trinajstić information content (AvgIpc) is 3.23. The fourth-order valence-corrected chi connectivity index (χ4v) is 6.85. The molecule has 2 saturated carbocycles. The van der Waals surface area contributed by atoms with Gasteiger partial charge in [0, 0.05) is 12.5 Å². The zero-order chi connectivity index (χ0) is 20.3. The number of hydrogen-bond acceptors (Lipinski definition) is 4. The molecule has 2 saturated heterocycles. The lowest BCUT2D eigenvalue weighted by Crippen LogP contribution is -2.52. The second-order valence-electron chi connectivity index (χ2n) is 10.2. The monoisotopic (exact) mass is 412 g/mol. The highest BCUT2D eigenvalue weighted by Crippen LogP contribution is 2.44. The van der Waals surface area contributed by atoms with Crippen LogP contribution in [0.3, 0.4) is 0 Å². The van der Waals surface area contributed by atoms with Crippen LogP contribution in [0, 0.1) is 17.8 Å². The van der Waals surface area contributed by atoms with E-state index < -0.39 is 0 Å². The lowest BCUT2D eigenvalue weighted by molar-refractivity contribution is -0.0901. The molecule has 4 fully saturated rings. The number of hydrogen-bond donors (Lipinski definition) is 2. The first-order valence-electron chi connectivity index (χ1n) is 12.6. The summed E-state index contributed by atoms with van der Waals surface area (Å²) in [7, 11) is 1.74. The van der Waals surface area contributed by atoms with Crippen molar-refractivity contribution in [3.05, 3.63) is 29.8 Å². The van der Waals surface area contributed by atoms with Crippen LogP contribution in [-0.2, 0) is 4.74 Å². The Morgan fingerprint density at radius 2 is 1.53 bits per heavy atom. The van der Waals surface area contributed by atoms with Gasteiger partial charge in [-0.3, -0.25) is 0 Å². The maximum absolute atomic E-state index is 6.79. The van der Waals surface area contributed by atoms with Crippen molar-refractivity contribution in [2.24, 2.45) is 17.8 Å². The first kappa shape index (κ1) is 20.8. The zero-order valence-electron chi connectivity index (χ0n) is 18.7. The van der Waals surface area contributed by atoms with E-state index in [-0.39, 0.29) is 0 Å². The Kier molecular flexibility index (Phi) is 6.64. The van der Waals surface area contributed by atoms with Crippen molar-refractivity contribution in [3.8, 4) is 5.75 Å². The number of nitrogens with one attached hydrogen (secondary N) is 2. The first-order chi connectivity index (χ1) is 14.8. The largest absolute Gasteiger partial charge is 0.497 e. The minimum absolute atomic E-state index is 0.467. The van der Waals surface area contributed by atoms with Gasteiger partial charge in [0.05, 0.1) is 25.5 Å². The van der Waals surface area contributed by atoms with Gasteiger partial charge in [-0.2, -0.15) is 0 Å². The number of benzene rings is 1. The topological polar surface area (TPSA) is 42.5 Å². The second kappa shape index (κ2) is 9.58. The Labute approximate surface area is 182 Å². The van der Waals surface area contributed by atoms with E-state index in [0.29, 0.717) is 30.2 Å². The molecular formula is C26H40N2O2. The standard InChI is InChI=1S/C26H40N2O2/c1-29-20-13-11-18(12-14-20)24-17-28-26-23(24)15-19(16-27-26)22-9-5-6-10-25(22)30-21-7-3-2-4-8-21/h11-14,19,21-28H,2-10,15-17H2,1H3. The molecule has 4 aliphatic rings. The van der Waals surface area contributed by atoms with Crippen LogP contribution in [0.2, 0.25) is 0 Å². The van der Waals surface area contributed by atoms with Gasteiger partial charge in [0.1, 0.15) is 5.75 Å². The van der Waals surface area contributed by atoms with Crippen LogP contribution in [0.25, 0.3) is 0 Å². The highest BCUT2D eigenvalue weighted by Gasteiger charge is 2.44. The van der Waals surface area contributed by atoms with Crippen molar-refractivity contribution in [1.29, 1.82) is 0 Å². The number of piperidine rings is 1. The summed E-state index contributed by atoms with van der Waals surface area (Å²) >= 11 is 0. The summed E-state index contributed by atoms with van der Waals surface area (Å²) in [6.45, 7) is 2.23. The molecule has 166 valence electrons. The smallest absolute Gasteiger partial charge is 0.118 e. The summed E-state index contributed by atoms with van der Waals surface area (Å²) < 4.78 is 12.2. The van der Waals surface area contributed by atoms with E-state index >= 15 is 0 Å². The fraction of sp³-hybridized carbons (Fsp3) is 0.769. The average molecular weight is 413 g/mol. The summed E-state index contributed by atoms with van der Waals surface area (Å²) in [6.07, 6.45) is 14.9. The zero-order valence-corrected chi connectivity index (χ0v) is 18.7. The van der Waals surface area contributed by atoms with E-state index in [4.69, 9.17) is 9.47 Å². The molecule has 30 heavy (non-hydrogen) atoms. The summed E-state index contributed by atoms with van der Waals surface area (Å²) in [5.74, 6) is 3.71. The molecule has 2 heterocycles. The highest BCUT2D eigenvalue weighted by atomic mass is 16.5. The maximum Gasteiger partial charge on any atom is 0.118 e. The van der Waals surface area contributed by atoms with Crippen molar-refractivity contribution in [3.63, 3.8) is 0 Å². The summed E-state index contributed by atoms with van der Waals surface area (Å²) in [5, 5.41) is 7.65. The molecule has 2 aliphatic carbocycles. The van der Waals surface area contributed by atoms with Gasteiger partial charge in [-0.25, -0.2) is 0 Å². The van der Waals surface area contributed by atoms with Gasteiger partial charge in [-0.05, 0) is 74.1 Å². The van der Waals surface area contributed by atoms with Gasteiger partial charge in [-0.1, -0.05) is 44.2 Å². The normalized spacial score (nSPS) is 37.6. The lowest BCUT2D eigenvalue weighted by Gasteiger charge is -2.44. The van der Waals surface area contributed by atoms with E-state index in [2.05, 4.69) is 34.9 Å². The molecule has 0 amide bonds. The third-order valence-electron chi connectivity index (χ3n) is 8.50. The minimum Gasteiger partial charge on any atom is -0.497 e. The molecular weight excluding hydrogens is 372 g/mol. The van der Waals surface area contributed by atoms with Gasteiger partial charge in [0.15, 0.2) is 0 Å². The van der Waals surface area contributed by atoms with Crippen LogP contribution in [-0.4, -0.2) is 38.6 Å². The van der Waals surface area contributed by atoms with Crippen LogP contribution in [0.1, 0.15) is 75.7 Å². The number of ether oxygens (including phenoxy) is 2. The van der Waals surface area contributed by atoms with Crippen molar-refractivity contribution in [2.75, 3.05) is 20.2 Å². The van der Waals surface area contributed by atoms with E-state index in [9.17, 15) is 0 Å². The van der Waals surface area contributed by atoms with Gasteiger partial charge in [-0.15, -0.1) is 0 Å². The van der Waals surface area contributed by atoms with E-state index in [1.807, 2.05) is 0 Å². The Bertz CT molecular complexity index is 672. The molecule has 4 heteroatoms. The number of rotatable bonds is 5. The van der Waals surface area contributed by atoms with E-state index in [1.54, 1.807) is 7.11 Å². The molecule has 0 bridgehead atoms. The third kappa shape index (κ3) is 4.42. The molecule has 0 radical (unpaired) electrons. The summed E-state index contributed by atoms with van der Waals surface area (Å²) in [5.41, 5.74) is 1.46. The van der Waals surface area contributed by atoms with E-state index in [1.165, 1.54) is 69.8 Å². The van der Waals surface area contributed by atoms with Gasteiger partial charge in [0.2, 0.25) is 0 Å². The van der Waals surface area contributed by atoms with Crippen LogP contribution in [0.5, 0.6) is 5.75 Å². The van der Waals surface area contributed by atoms with Crippen LogP contribution in [0.4, 0.5) is 0 Å². The molecule has 0 aromatic heterocycles. The van der Waals surface area contributed by atoms with Crippen LogP contribution < -0.4 is 15.4 Å². The second-order valence-corrected chi connectivity index (χ2v) is 10.2. The highest BCUT2D eigenvalue weighted by molar-refractivity contribution is 5.31. The number of methoxy groups -OCH3 is 1. The van der Waals surface area contributed by atoms with Crippen LogP contribution >= 0.6 is 0 Å². The molecule has 5 rings (SSSR count). The van der Waals surface area contributed by atoms with Crippen molar-refractivity contribution in [2.45, 2.75) is 88.5 Å². The van der Waals surface area contributed by atoms with Crippen molar-refractivity contribution >= 4 is 0 Å². The molecule has 1 aromatic rings. The van der Waals surface area contributed by atoms with Gasteiger partial charge >= 0.3 is 0 Å². The predicted molar refractivity (Wildman–Crippen MR) is 121 cm³/mol. The Hall–Kier alpha value is -1.10. The summed E-state index contributed by atoms with van der Waals surface area (Å²) in [4.78, 5) is 0. The Morgan fingerprint density at radius 3 is 2.33 bits per heavy atom. The molecule has 0 spiro atoms. The van der Waals surface area contributed by atoms with Crippen LogP contribution in [0.15, 0.2) is 24.3 Å². The molecule has 1 aromatic carbocycles. The van der Waals surface area contributed by atoms with E-state index in [0.717, 1.165) is 30.7 Å². The maximum atomic E-state index is 6.79. The summed E-state index contributed by atoms with van der Waals surface area (Å²) in [6, 6.07) is 8.77. The van der Waals surface area contributed by atoms with Gasteiger partial charge in [0.25, 0.3) is 0 Å². The molecule has 6 atom stereocenters. The molecule has 4 nitrogen and oxygen atoms in total. The fourth-order valence-electron chi connectivity index (χ4n) is 6.85. The molecule has 6 unspecified atom stereocenters. The first-order valence-corrected chi connectivity index (χ1v) is 12.6. The predicted octanol–water partition coefficient (Wildman–Crippen LogP) is 4.84. The molecule has 2 aliphatic heterocycles. The SMILES string of the molecule is COc1ccc(C2CNC3NCC(C4CCCCC4OC4CCCCC4)CC32)cc1. The molecule has 2 N–H and O–H groups in total. The minimum atomic E-state index is 0.467. The number of fused-ring (bicyclic) bond motifs is 1. The Balaban J connectivity index is 1.26. The van der Waals surface area contributed by atoms with Crippen molar-refractivity contribution in [1.82, 2.24) is 10.6 Å². The van der Waals surface area contributed by atoms with Gasteiger partial charge < -0.3 is 20.1 Å².